The minimum Gasteiger partial charge on any atom is -0.395 e. The van der Waals surface area contributed by atoms with Gasteiger partial charge in [-0.2, -0.15) is 0 Å². The van der Waals surface area contributed by atoms with Crippen LogP contribution in [0.5, 0.6) is 0 Å². The molecule has 0 aliphatic carbocycles. The van der Waals surface area contributed by atoms with Crippen LogP contribution in [0.1, 0.15) is 49.3 Å². The largest absolute Gasteiger partial charge is 0.395 e. The predicted molar refractivity (Wildman–Crippen MR) is 106 cm³/mol. The first-order valence-corrected chi connectivity index (χ1v) is 9.67. The maximum absolute atomic E-state index is 9.96. The van der Waals surface area contributed by atoms with Gasteiger partial charge < -0.3 is 14.9 Å². The third-order valence-corrected chi connectivity index (χ3v) is 4.98. The van der Waals surface area contributed by atoms with Gasteiger partial charge in [-0.1, -0.05) is 80.8 Å². The molecule has 0 aromatic heterocycles. The molecule has 0 saturated heterocycles. The third-order valence-electron chi connectivity index (χ3n) is 4.98. The molecule has 3 heteroatoms. The SMILES string of the molecule is CCCCCCc1ccc(C(CO)(CO)COCc2ccccc2)cc1. The Hall–Kier alpha value is -1.68. The van der Waals surface area contributed by atoms with E-state index in [1.807, 2.05) is 42.5 Å². The molecule has 0 amide bonds. The Morgan fingerprint density at radius 3 is 2.12 bits per heavy atom. The summed E-state index contributed by atoms with van der Waals surface area (Å²) in [5.41, 5.74) is 2.54. The Labute approximate surface area is 157 Å². The molecule has 0 spiro atoms. The Balaban J connectivity index is 1.96. The molecule has 0 aliphatic rings. The van der Waals surface area contributed by atoms with Gasteiger partial charge in [0.15, 0.2) is 0 Å². The van der Waals surface area contributed by atoms with Crippen molar-refractivity contribution in [3.63, 3.8) is 0 Å². The van der Waals surface area contributed by atoms with Gasteiger partial charge in [0.2, 0.25) is 0 Å². The lowest BCUT2D eigenvalue weighted by Crippen LogP contribution is -2.39. The van der Waals surface area contributed by atoms with Crippen molar-refractivity contribution in [2.24, 2.45) is 0 Å². The molecule has 2 aromatic rings. The smallest absolute Gasteiger partial charge is 0.0717 e. The molecule has 3 nitrogen and oxygen atoms in total. The first-order chi connectivity index (χ1) is 12.7. The molecule has 26 heavy (non-hydrogen) atoms. The Bertz CT molecular complexity index is 603. The zero-order valence-electron chi connectivity index (χ0n) is 15.9. The lowest BCUT2D eigenvalue weighted by Gasteiger charge is -2.30. The van der Waals surface area contributed by atoms with Crippen molar-refractivity contribution in [1.29, 1.82) is 0 Å². The second-order valence-electron chi connectivity index (χ2n) is 7.08. The minimum atomic E-state index is -0.768. The number of unbranched alkanes of at least 4 members (excludes halogenated alkanes) is 3. The molecule has 2 aromatic carbocycles. The van der Waals surface area contributed by atoms with Gasteiger partial charge in [-0.3, -0.25) is 0 Å². The summed E-state index contributed by atoms with van der Waals surface area (Å²) in [5, 5.41) is 19.9. The van der Waals surface area contributed by atoms with E-state index in [0.717, 1.165) is 17.5 Å². The van der Waals surface area contributed by atoms with Gasteiger partial charge in [-0.05, 0) is 29.5 Å². The van der Waals surface area contributed by atoms with Crippen LogP contribution in [-0.2, 0) is 23.2 Å². The summed E-state index contributed by atoms with van der Waals surface area (Å²) in [5.74, 6) is 0. The van der Waals surface area contributed by atoms with Crippen molar-refractivity contribution in [2.75, 3.05) is 19.8 Å². The molecule has 0 saturated carbocycles. The summed E-state index contributed by atoms with van der Waals surface area (Å²) in [6.45, 7) is 2.68. The molecule has 2 N–H and O–H groups in total. The molecule has 0 heterocycles. The molecule has 0 radical (unpaired) electrons. The zero-order chi connectivity index (χ0) is 18.7. The van der Waals surface area contributed by atoms with E-state index in [0.29, 0.717) is 6.61 Å². The summed E-state index contributed by atoms with van der Waals surface area (Å²) in [7, 11) is 0. The number of aryl methyl sites for hydroxylation is 1. The summed E-state index contributed by atoms with van der Waals surface area (Å²) < 4.78 is 5.82. The molecule has 0 unspecified atom stereocenters. The average molecular weight is 357 g/mol. The number of hydrogen-bond acceptors (Lipinski definition) is 3. The first-order valence-electron chi connectivity index (χ1n) is 9.67. The van der Waals surface area contributed by atoms with E-state index >= 15 is 0 Å². The van der Waals surface area contributed by atoms with Crippen LogP contribution in [0.4, 0.5) is 0 Å². The lowest BCUT2D eigenvalue weighted by molar-refractivity contribution is 0.0131. The quantitative estimate of drug-likeness (QED) is 0.559. The standard InChI is InChI=1S/C23H32O3/c1-2-3-4-6-9-20-12-14-22(15-13-20)23(17-24,18-25)19-26-16-21-10-7-5-8-11-21/h5,7-8,10-15,24-25H,2-4,6,9,16-19H2,1H3. The van der Waals surface area contributed by atoms with Crippen LogP contribution >= 0.6 is 0 Å². The Kier molecular flexibility index (Phi) is 8.82. The van der Waals surface area contributed by atoms with Crippen LogP contribution < -0.4 is 0 Å². The Morgan fingerprint density at radius 1 is 0.808 bits per heavy atom. The van der Waals surface area contributed by atoms with E-state index in [2.05, 4.69) is 19.1 Å². The third kappa shape index (κ3) is 5.94. The molecule has 0 fully saturated rings. The van der Waals surface area contributed by atoms with Crippen molar-refractivity contribution in [3.8, 4) is 0 Å². The maximum Gasteiger partial charge on any atom is 0.0717 e. The fourth-order valence-electron chi connectivity index (χ4n) is 3.13. The van der Waals surface area contributed by atoms with Crippen LogP contribution in [0.15, 0.2) is 54.6 Å². The van der Waals surface area contributed by atoms with Gasteiger partial charge in [0, 0.05) is 0 Å². The van der Waals surface area contributed by atoms with Crippen LogP contribution in [-0.4, -0.2) is 30.0 Å². The number of aliphatic hydroxyl groups excluding tert-OH is 2. The van der Waals surface area contributed by atoms with E-state index < -0.39 is 5.41 Å². The lowest BCUT2D eigenvalue weighted by atomic mass is 9.82. The number of aliphatic hydroxyl groups is 2. The van der Waals surface area contributed by atoms with Crippen molar-refractivity contribution in [1.82, 2.24) is 0 Å². The zero-order valence-corrected chi connectivity index (χ0v) is 15.9. The highest BCUT2D eigenvalue weighted by Crippen LogP contribution is 2.25. The van der Waals surface area contributed by atoms with Gasteiger partial charge in [-0.25, -0.2) is 0 Å². The normalized spacial score (nSPS) is 11.7. The topological polar surface area (TPSA) is 49.7 Å². The fraction of sp³-hybridized carbons (Fsp3) is 0.478. The van der Waals surface area contributed by atoms with E-state index in [9.17, 15) is 10.2 Å². The monoisotopic (exact) mass is 356 g/mol. The molecular weight excluding hydrogens is 324 g/mol. The predicted octanol–water partition coefficient (Wildman–Crippen LogP) is 4.25. The number of ether oxygens (including phenoxy) is 1. The second-order valence-corrected chi connectivity index (χ2v) is 7.08. The Morgan fingerprint density at radius 2 is 1.50 bits per heavy atom. The van der Waals surface area contributed by atoms with Crippen molar-refractivity contribution in [2.45, 2.75) is 51.0 Å². The van der Waals surface area contributed by atoms with Crippen LogP contribution in [0.3, 0.4) is 0 Å². The van der Waals surface area contributed by atoms with E-state index in [1.54, 1.807) is 0 Å². The highest BCUT2D eigenvalue weighted by molar-refractivity contribution is 5.30. The van der Waals surface area contributed by atoms with Crippen molar-refractivity contribution >= 4 is 0 Å². The average Bonchev–Trinajstić information content (AvgIpc) is 2.70. The minimum absolute atomic E-state index is 0.145. The molecule has 0 bridgehead atoms. The van der Waals surface area contributed by atoms with Crippen LogP contribution in [0.2, 0.25) is 0 Å². The van der Waals surface area contributed by atoms with Gasteiger partial charge in [-0.15, -0.1) is 0 Å². The van der Waals surface area contributed by atoms with E-state index in [4.69, 9.17) is 4.74 Å². The second kappa shape index (κ2) is 11.1. The van der Waals surface area contributed by atoms with Gasteiger partial charge >= 0.3 is 0 Å². The summed E-state index contributed by atoms with van der Waals surface area (Å²) in [6, 6.07) is 18.2. The molecule has 2 rings (SSSR count). The highest BCUT2D eigenvalue weighted by atomic mass is 16.5. The maximum atomic E-state index is 9.96. The van der Waals surface area contributed by atoms with Crippen molar-refractivity contribution < 1.29 is 14.9 Å². The summed E-state index contributed by atoms with van der Waals surface area (Å²) >= 11 is 0. The number of hydrogen-bond donors (Lipinski definition) is 2. The molecule has 0 atom stereocenters. The summed E-state index contributed by atoms with van der Waals surface area (Å²) in [4.78, 5) is 0. The molecular formula is C23H32O3. The highest BCUT2D eigenvalue weighted by Gasteiger charge is 2.31. The van der Waals surface area contributed by atoms with Crippen LogP contribution in [0.25, 0.3) is 0 Å². The van der Waals surface area contributed by atoms with Crippen LogP contribution in [0, 0.1) is 0 Å². The van der Waals surface area contributed by atoms with E-state index in [1.165, 1.54) is 31.2 Å². The van der Waals surface area contributed by atoms with Gasteiger partial charge in [0.1, 0.15) is 0 Å². The van der Waals surface area contributed by atoms with Gasteiger partial charge in [0.25, 0.3) is 0 Å². The number of benzene rings is 2. The first kappa shape index (κ1) is 20.6. The van der Waals surface area contributed by atoms with E-state index in [-0.39, 0.29) is 19.8 Å². The fourth-order valence-corrected chi connectivity index (χ4v) is 3.13. The summed E-state index contributed by atoms with van der Waals surface area (Å²) in [6.07, 6.45) is 6.09. The van der Waals surface area contributed by atoms with Crippen molar-refractivity contribution in [3.05, 3.63) is 71.3 Å². The van der Waals surface area contributed by atoms with Gasteiger partial charge in [0.05, 0.1) is 31.8 Å². The molecule has 142 valence electrons. The number of rotatable bonds is 12. The molecule has 0 aliphatic heterocycles.